The molecule has 1 saturated carbocycles. The standard InChI is InChI=1S/C27H36N6O2/c1-18-8-9-20(17-28-13-11-27(2,3)35)14-22(18)21-10-12-29-23(16-21)31-26(34)25-30-24(32-33-25)15-19-6-4-5-7-19/h8-10,12,14,16,19,28,35H,4-7,11,13,15,17H2,1-3H3,(H,29,31,34)(H,30,32,33). The second-order valence-electron chi connectivity index (χ2n) is 10.2. The summed E-state index contributed by atoms with van der Waals surface area (Å²) in [7, 11) is 0. The van der Waals surface area contributed by atoms with Gasteiger partial charge in [0.2, 0.25) is 5.82 Å². The number of pyridine rings is 1. The number of carbonyl (C=O) groups is 1. The predicted octanol–water partition coefficient (Wildman–Crippen LogP) is 4.41. The van der Waals surface area contributed by atoms with E-state index in [2.05, 4.69) is 55.9 Å². The van der Waals surface area contributed by atoms with E-state index < -0.39 is 5.60 Å². The highest BCUT2D eigenvalue weighted by Gasteiger charge is 2.19. The molecule has 1 aliphatic carbocycles. The zero-order chi connectivity index (χ0) is 24.8. The van der Waals surface area contributed by atoms with E-state index in [1.165, 1.54) is 25.7 Å². The summed E-state index contributed by atoms with van der Waals surface area (Å²) in [4.78, 5) is 21.4. The van der Waals surface area contributed by atoms with Crippen molar-refractivity contribution < 1.29 is 9.90 Å². The lowest BCUT2D eigenvalue weighted by atomic mass is 9.98. The van der Waals surface area contributed by atoms with E-state index in [-0.39, 0.29) is 11.7 Å². The van der Waals surface area contributed by atoms with Gasteiger partial charge in [0.1, 0.15) is 11.6 Å². The number of carbonyl (C=O) groups excluding carboxylic acids is 1. The molecule has 0 bridgehead atoms. The van der Waals surface area contributed by atoms with Gasteiger partial charge in [0.25, 0.3) is 5.91 Å². The molecular formula is C27H36N6O2. The van der Waals surface area contributed by atoms with Crippen LogP contribution in [0.15, 0.2) is 36.5 Å². The average molecular weight is 477 g/mol. The first-order valence-corrected chi connectivity index (χ1v) is 12.5. The molecule has 8 nitrogen and oxygen atoms in total. The Morgan fingerprint density at radius 1 is 1.20 bits per heavy atom. The van der Waals surface area contributed by atoms with Gasteiger partial charge in [0.15, 0.2) is 0 Å². The third-order valence-electron chi connectivity index (χ3n) is 6.55. The number of aromatic amines is 1. The molecule has 0 unspecified atom stereocenters. The van der Waals surface area contributed by atoms with E-state index in [9.17, 15) is 9.90 Å². The number of rotatable bonds is 10. The monoisotopic (exact) mass is 476 g/mol. The van der Waals surface area contributed by atoms with Crippen LogP contribution in [0.4, 0.5) is 5.82 Å². The van der Waals surface area contributed by atoms with Crippen molar-refractivity contribution in [2.45, 2.75) is 71.4 Å². The van der Waals surface area contributed by atoms with Gasteiger partial charge < -0.3 is 15.7 Å². The van der Waals surface area contributed by atoms with Crippen LogP contribution in [0, 0.1) is 12.8 Å². The number of nitrogens with zero attached hydrogens (tertiary/aromatic N) is 3. The largest absolute Gasteiger partial charge is 0.390 e. The molecule has 4 N–H and O–H groups in total. The molecule has 1 amide bonds. The van der Waals surface area contributed by atoms with Gasteiger partial charge in [-0.3, -0.25) is 9.89 Å². The molecule has 0 saturated heterocycles. The van der Waals surface area contributed by atoms with E-state index in [1.54, 1.807) is 6.20 Å². The van der Waals surface area contributed by atoms with E-state index in [1.807, 2.05) is 26.0 Å². The van der Waals surface area contributed by atoms with Crippen LogP contribution in [0.3, 0.4) is 0 Å². The average Bonchev–Trinajstić information content (AvgIpc) is 3.50. The van der Waals surface area contributed by atoms with Gasteiger partial charge >= 0.3 is 0 Å². The first kappa shape index (κ1) is 25.0. The first-order valence-electron chi connectivity index (χ1n) is 12.5. The molecule has 1 aliphatic rings. The van der Waals surface area contributed by atoms with Gasteiger partial charge in [-0.2, -0.15) is 0 Å². The molecule has 0 aliphatic heterocycles. The quantitative estimate of drug-likeness (QED) is 0.322. The lowest BCUT2D eigenvalue weighted by Gasteiger charge is -2.17. The summed E-state index contributed by atoms with van der Waals surface area (Å²) in [6.07, 6.45) is 8.21. The third-order valence-corrected chi connectivity index (χ3v) is 6.55. The van der Waals surface area contributed by atoms with E-state index in [0.717, 1.165) is 41.0 Å². The fourth-order valence-corrected chi connectivity index (χ4v) is 4.53. The zero-order valence-corrected chi connectivity index (χ0v) is 20.9. The highest BCUT2D eigenvalue weighted by Crippen LogP contribution is 2.28. The number of anilines is 1. The van der Waals surface area contributed by atoms with Crippen molar-refractivity contribution in [3.63, 3.8) is 0 Å². The summed E-state index contributed by atoms with van der Waals surface area (Å²) in [5, 5.41) is 23.1. The number of aliphatic hydroxyl groups is 1. The van der Waals surface area contributed by atoms with Crippen LogP contribution < -0.4 is 10.6 Å². The Hall–Kier alpha value is -3.10. The summed E-state index contributed by atoms with van der Waals surface area (Å²) in [5.41, 5.74) is 3.68. The topological polar surface area (TPSA) is 116 Å². The number of H-pyrrole nitrogens is 1. The molecule has 0 radical (unpaired) electrons. The molecule has 0 spiro atoms. The fourth-order valence-electron chi connectivity index (χ4n) is 4.53. The molecule has 8 heteroatoms. The molecular weight excluding hydrogens is 440 g/mol. The van der Waals surface area contributed by atoms with Gasteiger partial charge in [-0.05, 0) is 80.1 Å². The van der Waals surface area contributed by atoms with Gasteiger partial charge in [0, 0.05) is 19.2 Å². The van der Waals surface area contributed by atoms with Gasteiger partial charge in [-0.25, -0.2) is 9.97 Å². The van der Waals surface area contributed by atoms with E-state index in [4.69, 9.17) is 0 Å². The summed E-state index contributed by atoms with van der Waals surface area (Å²) in [6, 6.07) is 10.2. The van der Waals surface area contributed by atoms with Crippen molar-refractivity contribution in [1.82, 2.24) is 25.5 Å². The first-order chi connectivity index (χ1) is 16.8. The lowest BCUT2D eigenvalue weighted by molar-refractivity contribution is 0.0711. The van der Waals surface area contributed by atoms with Crippen LogP contribution in [-0.2, 0) is 13.0 Å². The molecule has 1 fully saturated rings. The Kier molecular flexibility index (Phi) is 7.93. The van der Waals surface area contributed by atoms with Crippen molar-refractivity contribution >= 4 is 11.7 Å². The van der Waals surface area contributed by atoms with Gasteiger partial charge in [-0.15, -0.1) is 5.10 Å². The molecule has 2 heterocycles. The molecule has 186 valence electrons. The van der Waals surface area contributed by atoms with Crippen LogP contribution >= 0.6 is 0 Å². The summed E-state index contributed by atoms with van der Waals surface area (Å²) in [5.74, 6) is 1.63. The highest BCUT2D eigenvalue weighted by molar-refractivity contribution is 6.01. The third kappa shape index (κ3) is 7.19. The van der Waals surface area contributed by atoms with E-state index in [0.29, 0.717) is 24.7 Å². The van der Waals surface area contributed by atoms with E-state index >= 15 is 0 Å². The van der Waals surface area contributed by atoms with Crippen molar-refractivity contribution in [1.29, 1.82) is 0 Å². The van der Waals surface area contributed by atoms with Crippen LogP contribution in [0.2, 0.25) is 0 Å². The van der Waals surface area contributed by atoms with Gasteiger partial charge in [0.05, 0.1) is 5.60 Å². The highest BCUT2D eigenvalue weighted by atomic mass is 16.3. The Morgan fingerprint density at radius 3 is 2.77 bits per heavy atom. The number of hydrogen-bond donors (Lipinski definition) is 4. The lowest BCUT2D eigenvalue weighted by Crippen LogP contribution is -2.26. The van der Waals surface area contributed by atoms with Crippen LogP contribution in [-0.4, -0.2) is 43.3 Å². The minimum Gasteiger partial charge on any atom is -0.390 e. The molecule has 1 aromatic carbocycles. The zero-order valence-electron chi connectivity index (χ0n) is 20.9. The number of aromatic nitrogens is 4. The Labute approximate surface area is 207 Å². The maximum Gasteiger partial charge on any atom is 0.296 e. The summed E-state index contributed by atoms with van der Waals surface area (Å²) in [6.45, 7) is 7.15. The maximum absolute atomic E-state index is 12.7. The second-order valence-corrected chi connectivity index (χ2v) is 10.2. The van der Waals surface area contributed by atoms with Gasteiger partial charge in [-0.1, -0.05) is 37.8 Å². The normalized spacial score (nSPS) is 14.4. The second kappa shape index (κ2) is 11.1. The molecule has 35 heavy (non-hydrogen) atoms. The fraction of sp³-hybridized carbons (Fsp3) is 0.481. The number of hydrogen-bond acceptors (Lipinski definition) is 6. The minimum absolute atomic E-state index is 0.139. The molecule has 4 rings (SSSR count). The Morgan fingerprint density at radius 2 is 2.00 bits per heavy atom. The number of benzene rings is 1. The number of nitrogens with one attached hydrogen (secondary N) is 3. The molecule has 2 aromatic heterocycles. The Bertz CT molecular complexity index is 1140. The van der Waals surface area contributed by atoms with Crippen LogP contribution in [0.25, 0.3) is 11.1 Å². The van der Waals surface area contributed by atoms with Crippen molar-refractivity contribution in [2.75, 3.05) is 11.9 Å². The van der Waals surface area contributed by atoms with Crippen molar-refractivity contribution in [2.24, 2.45) is 5.92 Å². The van der Waals surface area contributed by atoms with Crippen LogP contribution in [0.1, 0.15) is 73.5 Å². The maximum atomic E-state index is 12.7. The van der Waals surface area contributed by atoms with Crippen molar-refractivity contribution in [3.05, 3.63) is 59.3 Å². The molecule has 3 aromatic rings. The number of aryl methyl sites for hydroxylation is 1. The number of amides is 1. The van der Waals surface area contributed by atoms with Crippen molar-refractivity contribution in [3.8, 4) is 11.1 Å². The van der Waals surface area contributed by atoms with Crippen LogP contribution in [0.5, 0.6) is 0 Å². The summed E-state index contributed by atoms with van der Waals surface area (Å²) < 4.78 is 0. The summed E-state index contributed by atoms with van der Waals surface area (Å²) >= 11 is 0. The smallest absolute Gasteiger partial charge is 0.296 e. The Balaban J connectivity index is 1.40. The predicted molar refractivity (Wildman–Crippen MR) is 137 cm³/mol. The minimum atomic E-state index is -0.674. The SMILES string of the molecule is Cc1ccc(CNCCC(C)(C)O)cc1-c1ccnc(NC(=O)c2n[nH]c(CC3CCCC3)n2)c1. The molecule has 0 atom stereocenters.